The van der Waals surface area contributed by atoms with Gasteiger partial charge in [0, 0.05) is 49.1 Å². The quantitative estimate of drug-likeness (QED) is 0.661. The van der Waals surface area contributed by atoms with Crippen LogP contribution >= 0.6 is 0 Å². The van der Waals surface area contributed by atoms with Crippen molar-refractivity contribution in [3.05, 3.63) is 82.2 Å². The van der Waals surface area contributed by atoms with Crippen LogP contribution in [0, 0.1) is 0 Å². The van der Waals surface area contributed by atoms with E-state index in [0.29, 0.717) is 17.6 Å². The largest absolute Gasteiger partial charge is 0.497 e. The summed E-state index contributed by atoms with van der Waals surface area (Å²) in [6.45, 7) is 2.03. The fourth-order valence-electron chi connectivity index (χ4n) is 4.50. The number of ketones is 1. The van der Waals surface area contributed by atoms with Gasteiger partial charge in [0.15, 0.2) is 5.78 Å². The van der Waals surface area contributed by atoms with Gasteiger partial charge in [-0.05, 0) is 55.2 Å². The molecular weight excluding hydrogens is 416 g/mol. The van der Waals surface area contributed by atoms with Crippen LogP contribution in [-0.4, -0.2) is 33.0 Å². The number of dihydropyridines is 1. The monoisotopic (exact) mass is 446 g/mol. The molecule has 33 heavy (non-hydrogen) atoms. The zero-order valence-electron chi connectivity index (χ0n) is 19.6. The second-order valence-corrected chi connectivity index (χ2v) is 8.68. The third-order valence-electron chi connectivity index (χ3n) is 6.27. The molecular formula is C27H30N2O4. The number of hydrogen-bond donors (Lipinski definition) is 1. The minimum Gasteiger partial charge on any atom is -0.497 e. The summed E-state index contributed by atoms with van der Waals surface area (Å²) in [7, 11) is 5.58. The molecule has 0 saturated heterocycles. The summed E-state index contributed by atoms with van der Waals surface area (Å²) in [5, 5.41) is 3.34. The number of nitrogens with one attached hydrogen (secondary N) is 1. The molecule has 0 radical (unpaired) electrons. The van der Waals surface area contributed by atoms with Crippen LogP contribution in [-0.2, 0) is 20.9 Å². The number of ether oxygens (including phenoxy) is 2. The number of benzene rings is 2. The second-order valence-electron chi connectivity index (χ2n) is 8.68. The van der Waals surface area contributed by atoms with Crippen LogP contribution in [0.25, 0.3) is 0 Å². The summed E-state index contributed by atoms with van der Waals surface area (Å²) >= 11 is 0. The molecule has 1 aliphatic heterocycles. The summed E-state index contributed by atoms with van der Waals surface area (Å²) in [6.07, 6.45) is 2.13. The van der Waals surface area contributed by atoms with Crippen molar-refractivity contribution >= 4 is 17.4 Å². The summed E-state index contributed by atoms with van der Waals surface area (Å²) in [4.78, 5) is 28.4. The fraction of sp³-hybridized carbons (Fsp3) is 0.333. The molecule has 1 aliphatic carbocycles. The Kier molecular flexibility index (Phi) is 6.54. The SMILES string of the molecule is COc1ccc(COC(=O)C2=C(C)NC3=C(C(=O)CCC3)[C@H]2c2ccc(N(C)C)cc2)cc1. The first-order valence-electron chi connectivity index (χ1n) is 11.2. The predicted molar refractivity (Wildman–Crippen MR) is 128 cm³/mol. The summed E-state index contributed by atoms with van der Waals surface area (Å²) in [5.41, 5.74) is 5.70. The van der Waals surface area contributed by atoms with Crippen LogP contribution < -0.4 is 15.0 Å². The lowest BCUT2D eigenvalue weighted by molar-refractivity contribution is -0.140. The Bertz CT molecular complexity index is 1110. The zero-order valence-corrected chi connectivity index (χ0v) is 19.6. The number of carbonyl (C=O) groups is 2. The summed E-state index contributed by atoms with van der Waals surface area (Å²) in [6, 6.07) is 15.4. The van der Waals surface area contributed by atoms with Crippen LogP contribution in [0.4, 0.5) is 5.69 Å². The van der Waals surface area contributed by atoms with Crippen molar-refractivity contribution in [1.29, 1.82) is 0 Å². The van der Waals surface area contributed by atoms with Crippen molar-refractivity contribution in [2.75, 3.05) is 26.1 Å². The molecule has 6 heteroatoms. The van der Waals surface area contributed by atoms with Gasteiger partial charge in [-0.3, -0.25) is 4.79 Å². The van der Waals surface area contributed by atoms with Crippen molar-refractivity contribution in [3.63, 3.8) is 0 Å². The Hall–Kier alpha value is -3.54. The molecule has 2 aromatic carbocycles. The molecule has 1 N–H and O–H groups in total. The second kappa shape index (κ2) is 9.53. The lowest BCUT2D eigenvalue weighted by atomic mass is 9.75. The lowest BCUT2D eigenvalue weighted by Gasteiger charge is -2.34. The molecule has 0 spiro atoms. The molecule has 1 atom stereocenters. The maximum atomic E-state index is 13.4. The van der Waals surface area contributed by atoms with Crippen LogP contribution in [0.3, 0.4) is 0 Å². The van der Waals surface area contributed by atoms with Crippen molar-refractivity contribution in [3.8, 4) is 5.75 Å². The lowest BCUT2D eigenvalue weighted by Crippen LogP contribution is -2.34. The average Bonchev–Trinajstić information content (AvgIpc) is 2.82. The van der Waals surface area contributed by atoms with E-state index in [0.717, 1.165) is 46.8 Å². The number of rotatable bonds is 6. The van der Waals surface area contributed by atoms with Gasteiger partial charge in [0.2, 0.25) is 0 Å². The first-order valence-corrected chi connectivity index (χ1v) is 11.2. The van der Waals surface area contributed by atoms with Crippen LogP contribution in [0.2, 0.25) is 0 Å². The number of carbonyl (C=O) groups excluding carboxylic acids is 2. The van der Waals surface area contributed by atoms with Crippen LogP contribution in [0.1, 0.15) is 43.2 Å². The number of nitrogens with zero attached hydrogens (tertiary/aromatic N) is 1. The highest BCUT2D eigenvalue weighted by Crippen LogP contribution is 2.42. The van der Waals surface area contributed by atoms with E-state index in [1.807, 2.05) is 74.4 Å². The third-order valence-corrected chi connectivity index (χ3v) is 6.27. The van der Waals surface area contributed by atoms with E-state index in [1.165, 1.54) is 0 Å². The van der Waals surface area contributed by atoms with E-state index >= 15 is 0 Å². The molecule has 0 aromatic heterocycles. The van der Waals surface area contributed by atoms with Gasteiger partial charge in [-0.15, -0.1) is 0 Å². The van der Waals surface area contributed by atoms with Crippen molar-refractivity contribution < 1.29 is 19.1 Å². The van der Waals surface area contributed by atoms with Crippen molar-refractivity contribution in [2.24, 2.45) is 0 Å². The van der Waals surface area contributed by atoms with E-state index in [-0.39, 0.29) is 12.4 Å². The molecule has 0 bridgehead atoms. The minimum atomic E-state index is -0.436. The van der Waals surface area contributed by atoms with Gasteiger partial charge in [-0.2, -0.15) is 0 Å². The van der Waals surface area contributed by atoms with E-state index < -0.39 is 11.9 Å². The number of anilines is 1. The van der Waals surface area contributed by atoms with Gasteiger partial charge < -0.3 is 19.7 Å². The molecule has 2 aromatic rings. The number of esters is 1. The molecule has 0 saturated carbocycles. The highest BCUT2D eigenvalue weighted by Gasteiger charge is 2.39. The number of hydrogen-bond acceptors (Lipinski definition) is 6. The zero-order chi connectivity index (χ0) is 23.5. The minimum absolute atomic E-state index is 0.0957. The van der Waals surface area contributed by atoms with Gasteiger partial charge in [0.05, 0.1) is 12.7 Å². The number of allylic oxidation sites excluding steroid dienone is 3. The standard InChI is InChI=1S/C27H30N2O4/c1-17-24(27(31)33-16-18-8-14-21(32-4)15-9-18)25(19-10-12-20(13-11-19)29(2)3)26-22(28-17)6-5-7-23(26)30/h8-15,25,28H,5-7,16H2,1-4H3/t25-/m0/s1. The molecule has 0 amide bonds. The maximum Gasteiger partial charge on any atom is 0.337 e. The van der Waals surface area contributed by atoms with Crippen LogP contribution in [0.5, 0.6) is 5.75 Å². The molecule has 2 aliphatic rings. The van der Waals surface area contributed by atoms with E-state index in [9.17, 15) is 9.59 Å². The molecule has 4 rings (SSSR count). The topological polar surface area (TPSA) is 67.9 Å². The molecule has 0 fully saturated rings. The summed E-state index contributed by atoms with van der Waals surface area (Å²) in [5.74, 6) is -0.00827. The highest BCUT2D eigenvalue weighted by atomic mass is 16.5. The van der Waals surface area contributed by atoms with E-state index in [4.69, 9.17) is 9.47 Å². The molecule has 6 nitrogen and oxygen atoms in total. The molecule has 1 heterocycles. The predicted octanol–water partition coefficient (Wildman–Crippen LogP) is 4.47. The highest BCUT2D eigenvalue weighted by molar-refractivity contribution is 6.03. The van der Waals surface area contributed by atoms with Gasteiger partial charge in [-0.1, -0.05) is 24.3 Å². The average molecular weight is 447 g/mol. The van der Waals surface area contributed by atoms with Gasteiger partial charge in [0.25, 0.3) is 0 Å². The Balaban J connectivity index is 1.66. The first kappa shape index (κ1) is 22.6. The third kappa shape index (κ3) is 4.65. The maximum absolute atomic E-state index is 13.4. The molecule has 172 valence electrons. The van der Waals surface area contributed by atoms with E-state index in [2.05, 4.69) is 5.32 Å². The Morgan fingerprint density at radius 1 is 1.06 bits per heavy atom. The Morgan fingerprint density at radius 2 is 1.76 bits per heavy atom. The Labute approximate surface area is 194 Å². The molecule has 0 unspecified atom stereocenters. The fourth-order valence-corrected chi connectivity index (χ4v) is 4.50. The summed E-state index contributed by atoms with van der Waals surface area (Å²) < 4.78 is 10.9. The first-order chi connectivity index (χ1) is 15.9. The van der Waals surface area contributed by atoms with Gasteiger partial charge in [0.1, 0.15) is 12.4 Å². The number of Topliss-reactive ketones (excluding diaryl/α,β-unsaturated/α-hetero) is 1. The smallest absolute Gasteiger partial charge is 0.337 e. The van der Waals surface area contributed by atoms with Crippen molar-refractivity contribution in [1.82, 2.24) is 5.32 Å². The van der Waals surface area contributed by atoms with Crippen LogP contribution in [0.15, 0.2) is 71.1 Å². The normalized spacial score (nSPS) is 17.9. The van der Waals surface area contributed by atoms with Gasteiger partial charge >= 0.3 is 5.97 Å². The number of methoxy groups -OCH3 is 1. The van der Waals surface area contributed by atoms with E-state index in [1.54, 1.807) is 7.11 Å². The van der Waals surface area contributed by atoms with Gasteiger partial charge in [-0.25, -0.2) is 4.79 Å². The Morgan fingerprint density at radius 3 is 2.39 bits per heavy atom. The van der Waals surface area contributed by atoms with Crippen molar-refractivity contribution in [2.45, 2.75) is 38.7 Å².